The molecule has 1 aliphatic rings. The van der Waals surface area contributed by atoms with Gasteiger partial charge in [-0.2, -0.15) is 0 Å². The third kappa shape index (κ3) is 3.75. The predicted molar refractivity (Wildman–Crippen MR) is 87.3 cm³/mol. The van der Waals surface area contributed by atoms with E-state index in [0.717, 1.165) is 31.6 Å². The van der Waals surface area contributed by atoms with E-state index in [2.05, 4.69) is 22.8 Å². The molecule has 1 fully saturated rings. The van der Waals surface area contributed by atoms with Crippen LogP contribution >= 0.6 is 11.3 Å². The molecule has 1 N–H and O–H groups in total. The molecule has 0 amide bonds. The van der Waals surface area contributed by atoms with E-state index in [1.54, 1.807) is 23.5 Å². The van der Waals surface area contributed by atoms with Crippen molar-refractivity contribution in [2.45, 2.75) is 18.9 Å². The minimum Gasteiger partial charge on any atom is -0.384 e. The molecule has 1 atom stereocenters. The second-order valence-electron chi connectivity index (χ2n) is 5.53. The normalized spacial score (nSPS) is 18.2. The Bertz CT molecular complexity index is 683. The molecule has 2 nitrogen and oxygen atoms in total. The lowest BCUT2D eigenvalue weighted by Gasteiger charge is -2.15. The molecule has 0 spiro atoms. The van der Waals surface area contributed by atoms with Gasteiger partial charge in [0.05, 0.1) is 0 Å². The summed E-state index contributed by atoms with van der Waals surface area (Å²) in [6.45, 7) is 2.92. The van der Waals surface area contributed by atoms with Crippen LogP contribution in [0.25, 0.3) is 0 Å². The first-order valence-electron chi connectivity index (χ1n) is 7.39. The van der Waals surface area contributed by atoms with E-state index in [0.29, 0.717) is 5.92 Å². The number of hydrogen-bond donors (Lipinski definition) is 1. The van der Waals surface area contributed by atoms with Crippen LogP contribution in [0.15, 0.2) is 35.7 Å². The Morgan fingerprint density at radius 2 is 2.14 bits per heavy atom. The lowest BCUT2D eigenvalue weighted by molar-refractivity contribution is 0.330. The first-order chi connectivity index (χ1) is 10.7. The lowest BCUT2D eigenvalue weighted by Crippen LogP contribution is -2.19. The Hall–Kier alpha value is -1.67. The molecule has 22 heavy (non-hydrogen) atoms. The molecule has 0 bridgehead atoms. The topological polar surface area (TPSA) is 23.5 Å². The zero-order chi connectivity index (χ0) is 15.4. The van der Waals surface area contributed by atoms with Gasteiger partial charge in [0.2, 0.25) is 0 Å². The second kappa shape index (κ2) is 7.06. The fraction of sp³-hybridized carbons (Fsp3) is 0.333. The van der Waals surface area contributed by atoms with E-state index in [1.807, 2.05) is 17.5 Å². The van der Waals surface area contributed by atoms with Gasteiger partial charge in [0, 0.05) is 28.9 Å². The first-order valence-corrected chi connectivity index (χ1v) is 8.27. The number of halogens is 1. The molecule has 0 saturated carbocycles. The van der Waals surface area contributed by atoms with Gasteiger partial charge in [-0.1, -0.05) is 24.0 Å². The lowest BCUT2D eigenvalue weighted by atomic mass is 9.99. The highest BCUT2D eigenvalue weighted by atomic mass is 32.1. The van der Waals surface area contributed by atoms with Crippen LogP contribution in [0.4, 0.5) is 4.39 Å². The van der Waals surface area contributed by atoms with Gasteiger partial charge in [0.15, 0.2) is 0 Å². The maximum absolute atomic E-state index is 13.0. The number of rotatable bonds is 3. The van der Waals surface area contributed by atoms with Crippen LogP contribution in [0.1, 0.15) is 28.3 Å². The Labute approximate surface area is 134 Å². The summed E-state index contributed by atoms with van der Waals surface area (Å²) in [7, 11) is 0. The smallest absolute Gasteiger partial charge is 0.123 e. The maximum Gasteiger partial charge on any atom is 0.123 e. The fourth-order valence-corrected chi connectivity index (χ4v) is 3.73. The van der Waals surface area contributed by atoms with Gasteiger partial charge in [0.25, 0.3) is 0 Å². The van der Waals surface area contributed by atoms with Crippen LogP contribution < -0.4 is 0 Å². The van der Waals surface area contributed by atoms with Gasteiger partial charge < -0.3 is 5.11 Å². The minimum atomic E-state index is -0.172. The highest BCUT2D eigenvalue weighted by molar-refractivity contribution is 7.10. The summed E-state index contributed by atoms with van der Waals surface area (Å²) in [6, 6.07) is 8.99. The number of hydrogen-bond acceptors (Lipinski definition) is 3. The molecule has 1 aromatic carbocycles. The highest BCUT2D eigenvalue weighted by Crippen LogP contribution is 2.29. The van der Waals surface area contributed by atoms with Crippen LogP contribution in [0, 0.1) is 17.7 Å². The number of nitrogens with zero attached hydrogens (tertiary/aromatic N) is 1. The minimum absolute atomic E-state index is 0.101. The zero-order valence-electron chi connectivity index (χ0n) is 12.3. The summed E-state index contributed by atoms with van der Waals surface area (Å²) in [5.74, 6) is 5.93. The SMILES string of the molecule is OCC#Cc1csc(CN2CC[C@@H](c3ccc(F)cc3)C2)c1. The van der Waals surface area contributed by atoms with Crippen LogP contribution in [0.5, 0.6) is 0 Å². The number of aliphatic hydroxyl groups excluding tert-OH is 1. The van der Waals surface area contributed by atoms with E-state index >= 15 is 0 Å². The largest absolute Gasteiger partial charge is 0.384 e. The van der Waals surface area contributed by atoms with Gasteiger partial charge in [-0.15, -0.1) is 11.3 Å². The van der Waals surface area contributed by atoms with Crippen LogP contribution in [-0.2, 0) is 6.54 Å². The third-order valence-corrected chi connectivity index (χ3v) is 4.88. The molecule has 1 saturated heterocycles. The molecule has 0 aliphatic carbocycles. The van der Waals surface area contributed by atoms with E-state index in [9.17, 15) is 4.39 Å². The van der Waals surface area contributed by atoms with Crippen molar-refractivity contribution in [1.29, 1.82) is 0 Å². The van der Waals surface area contributed by atoms with E-state index < -0.39 is 0 Å². The van der Waals surface area contributed by atoms with Gasteiger partial charge >= 0.3 is 0 Å². The molecule has 0 unspecified atom stereocenters. The predicted octanol–water partition coefficient (Wildman–Crippen LogP) is 3.22. The molecule has 1 aromatic heterocycles. The summed E-state index contributed by atoms with van der Waals surface area (Å²) in [6.07, 6.45) is 1.12. The standard InChI is InChI=1S/C18H18FNOS/c19-17-5-3-15(4-6-17)16-7-8-20(11-16)12-18-10-14(13-22-18)2-1-9-21/h3-6,10,13,16,21H,7-9,11-12H2/t16-/m1/s1. The van der Waals surface area contributed by atoms with E-state index in [4.69, 9.17) is 5.11 Å². The van der Waals surface area contributed by atoms with Gasteiger partial charge in [-0.3, -0.25) is 4.90 Å². The third-order valence-electron chi connectivity index (χ3n) is 3.96. The Balaban J connectivity index is 1.58. The van der Waals surface area contributed by atoms with Crippen LogP contribution in [-0.4, -0.2) is 29.7 Å². The molecule has 2 aromatic rings. The zero-order valence-corrected chi connectivity index (χ0v) is 13.1. The molecular formula is C18H18FNOS. The fourth-order valence-electron chi connectivity index (χ4n) is 2.87. The molecule has 4 heteroatoms. The van der Waals surface area contributed by atoms with Crippen LogP contribution in [0.3, 0.4) is 0 Å². The van der Waals surface area contributed by atoms with Crippen molar-refractivity contribution in [3.63, 3.8) is 0 Å². The van der Waals surface area contributed by atoms with Crippen molar-refractivity contribution in [3.8, 4) is 11.8 Å². The summed E-state index contributed by atoms with van der Waals surface area (Å²) >= 11 is 1.71. The average Bonchev–Trinajstić information content (AvgIpc) is 3.16. The highest BCUT2D eigenvalue weighted by Gasteiger charge is 2.24. The molecule has 114 valence electrons. The van der Waals surface area contributed by atoms with Gasteiger partial charge in [0.1, 0.15) is 12.4 Å². The summed E-state index contributed by atoms with van der Waals surface area (Å²) < 4.78 is 13.0. The molecule has 0 radical (unpaired) electrons. The van der Waals surface area contributed by atoms with Crippen molar-refractivity contribution < 1.29 is 9.50 Å². The Kier molecular flexibility index (Phi) is 4.89. The molecule has 1 aliphatic heterocycles. The number of thiophene rings is 1. The van der Waals surface area contributed by atoms with Crippen molar-refractivity contribution in [2.24, 2.45) is 0 Å². The van der Waals surface area contributed by atoms with Crippen LogP contribution in [0.2, 0.25) is 0 Å². The second-order valence-corrected chi connectivity index (χ2v) is 6.53. The van der Waals surface area contributed by atoms with E-state index in [-0.39, 0.29) is 12.4 Å². The summed E-state index contributed by atoms with van der Waals surface area (Å²) in [4.78, 5) is 3.73. The van der Waals surface area contributed by atoms with Gasteiger partial charge in [-0.25, -0.2) is 4.39 Å². The van der Waals surface area contributed by atoms with Crippen molar-refractivity contribution in [1.82, 2.24) is 4.90 Å². The van der Waals surface area contributed by atoms with Crippen molar-refractivity contribution >= 4 is 11.3 Å². The molecular weight excluding hydrogens is 297 g/mol. The quantitative estimate of drug-likeness (QED) is 0.879. The van der Waals surface area contributed by atoms with E-state index in [1.165, 1.54) is 10.4 Å². The first kappa shape index (κ1) is 15.2. The Morgan fingerprint density at radius 1 is 1.32 bits per heavy atom. The van der Waals surface area contributed by atoms with Crippen molar-refractivity contribution in [3.05, 3.63) is 57.5 Å². The number of aliphatic hydroxyl groups is 1. The molecule has 3 rings (SSSR count). The maximum atomic E-state index is 13.0. The summed E-state index contributed by atoms with van der Waals surface area (Å²) in [5, 5.41) is 10.8. The number of benzene rings is 1. The van der Waals surface area contributed by atoms with Gasteiger partial charge in [-0.05, 0) is 42.6 Å². The Morgan fingerprint density at radius 3 is 2.91 bits per heavy atom. The number of likely N-dealkylation sites (tertiary alicyclic amines) is 1. The molecule has 2 heterocycles. The summed E-state index contributed by atoms with van der Waals surface area (Å²) in [5.41, 5.74) is 2.20. The monoisotopic (exact) mass is 315 g/mol. The average molecular weight is 315 g/mol. The van der Waals surface area contributed by atoms with Crippen molar-refractivity contribution in [2.75, 3.05) is 19.7 Å².